The van der Waals surface area contributed by atoms with Crippen LogP contribution in [0.5, 0.6) is 11.5 Å². The molecule has 0 fully saturated rings. The Morgan fingerprint density at radius 2 is 1.66 bits per heavy atom. The van der Waals surface area contributed by atoms with Crippen LogP contribution in [0.3, 0.4) is 0 Å². The smallest absolute Gasteiger partial charge is 0.195 e. The van der Waals surface area contributed by atoms with Crippen LogP contribution in [0.2, 0.25) is 0 Å². The monoisotopic (exact) mass is 440 g/mol. The number of benzene rings is 3. The van der Waals surface area contributed by atoms with E-state index in [0.717, 1.165) is 33.9 Å². The van der Waals surface area contributed by atoms with E-state index in [0.29, 0.717) is 6.61 Å². The van der Waals surface area contributed by atoms with Crippen molar-refractivity contribution in [2.45, 2.75) is 13.0 Å². The first-order valence-corrected chi connectivity index (χ1v) is 11.2. The summed E-state index contributed by atoms with van der Waals surface area (Å²) in [6, 6.07) is 29.7. The Bertz CT molecular complexity index is 1190. The van der Waals surface area contributed by atoms with Crippen LogP contribution in [0.15, 0.2) is 97.1 Å². The Labute approximate surface area is 192 Å². The molecule has 1 heterocycles. The zero-order valence-corrected chi connectivity index (χ0v) is 18.7. The summed E-state index contributed by atoms with van der Waals surface area (Å²) in [5.74, 6) is 1.56. The van der Waals surface area contributed by atoms with Crippen molar-refractivity contribution in [3.8, 4) is 11.5 Å². The molecule has 0 unspecified atom stereocenters. The van der Waals surface area contributed by atoms with Crippen molar-refractivity contribution in [2.75, 3.05) is 7.11 Å². The molecule has 0 N–H and O–H groups in total. The quantitative estimate of drug-likeness (QED) is 0.212. The Morgan fingerprint density at radius 3 is 2.41 bits per heavy atom. The van der Waals surface area contributed by atoms with E-state index in [1.165, 1.54) is 10.4 Å². The Kier molecular flexibility index (Phi) is 7.15. The van der Waals surface area contributed by atoms with Gasteiger partial charge >= 0.3 is 0 Å². The second kappa shape index (κ2) is 10.6. The van der Waals surface area contributed by atoms with Crippen LogP contribution in [0, 0.1) is 0 Å². The number of hydrogen-bond acceptors (Lipinski definition) is 4. The van der Waals surface area contributed by atoms with Crippen LogP contribution in [-0.2, 0) is 13.0 Å². The lowest BCUT2D eigenvalue weighted by Crippen LogP contribution is -1.99. The topological polar surface area (TPSA) is 35.5 Å². The third-order valence-corrected chi connectivity index (χ3v) is 6.09. The molecule has 0 aliphatic carbocycles. The minimum Gasteiger partial charge on any atom is -0.496 e. The Balaban J connectivity index is 1.43. The van der Waals surface area contributed by atoms with Gasteiger partial charge in [-0.05, 0) is 53.6 Å². The molecule has 0 aliphatic rings. The number of carbonyl (C=O) groups excluding carboxylic acids is 1. The van der Waals surface area contributed by atoms with Crippen molar-refractivity contribution in [3.63, 3.8) is 0 Å². The molecule has 160 valence electrons. The van der Waals surface area contributed by atoms with E-state index in [-0.39, 0.29) is 5.78 Å². The second-order valence-corrected chi connectivity index (χ2v) is 8.47. The van der Waals surface area contributed by atoms with E-state index >= 15 is 0 Å². The maximum absolute atomic E-state index is 12.7. The largest absolute Gasteiger partial charge is 0.496 e. The number of ketones is 1. The summed E-state index contributed by atoms with van der Waals surface area (Å²) < 4.78 is 11.3. The molecule has 0 amide bonds. The van der Waals surface area contributed by atoms with Crippen molar-refractivity contribution in [1.82, 2.24) is 0 Å². The minimum atomic E-state index is 0.00668. The van der Waals surface area contributed by atoms with Gasteiger partial charge in [0.05, 0.1) is 12.0 Å². The van der Waals surface area contributed by atoms with Gasteiger partial charge in [0.1, 0.15) is 18.1 Å². The summed E-state index contributed by atoms with van der Waals surface area (Å²) in [6.45, 7) is 0.385. The molecule has 4 heteroatoms. The standard InChI is InChI=1S/C28H24O3S/c1-30-27-16-13-22(18-23(27)20-31-24-10-6-3-7-11-24)12-15-26(29)28-17-14-25(32-28)19-21-8-4-2-5-9-21/h2-18H,19-20H2,1H3/b15-12+. The van der Waals surface area contributed by atoms with Gasteiger partial charge in [0.2, 0.25) is 0 Å². The fraction of sp³-hybridized carbons (Fsp3) is 0.107. The first kappa shape index (κ1) is 21.6. The van der Waals surface area contributed by atoms with Crippen LogP contribution in [-0.4, -0.2) is 12.9 Å². The minimum absolute atomic E-state index is 0.00668. The molecule has 32 heavy (non-hydrogen) atoms. The summed E-state index contributed by atoms with van der Waals surface area (Å²) in [5, 5.41) is 0. The first-order valence-electron chi connectivity index (χ1n) is 10.4. The van der Waals surface area contributed by atoms with Crippen LogP contribution in [0.1, 0.15) is 31.2 Å². The van der Waals surface area contributed by atoms with Gasteiger partial charge in [-0.3, -0.25) is 4.79 Å². The maximum atomic E-state index is 12.7. The summed E-state index contributed by atoms with van der Waals surface area (Å²) >= 11 is 1.55. The van der Waals surface area contributed by atoms with Crippen molar-refractivity contribution < 1.29 is 14.3 Å². The molecule has 0 atom stereocenters. The van der Waals surface area contributed by atoms with Crippen LogP contribution in [0.4, 0.5) is 0 Å². The van der Waals surface area contributed by atoms with E-state index in [9.17, 15) is 4.79 Å². The molecule has 0 saturated heterocycles. The van der Waals surface area contributed by atoms with Crippen LogP contribution >= 0.6 is 11.3 Å². The predicted octanol–water partition coefficient (Wildman–Crippen LogP) is 6.82. The number of methoxy groups -OCH3 is 1. The molecular formula is C28H24O3S. The molecular weight excluding hydrogens is 416 g/mol. The molecule has 0 bridgehead atoms. The molecule has 3 nitrogen and oxygen atoms in total. The molecule has 0 aliphatic heterocycles. The number of para-hydroxylation sites is 1. The van der Waals surface area contributed by atoms with Gasteiger partial charge in [0.25, 0.3) is 0 Å². The highest BCUT2D eigenvalue weighted by atomic mass is 32.1. The summed E-state index contributed by atoms with van der Waals surface area (Å²) in [5.41, 5.74) is 3.09. The van der Waals surface area contributed by atoms with Crippen molar-refractivity contribution in [3.05, 3.63) is 124 Å². The highest BCUT2D eigenvalue weighted by molar-refractivity contribution is 7.14. The Morgan fingerprint density at radius 1 is 0.906 bits per heavy atom. The van der Waals surface area contributed by atoms with Crippen LogP contribution in [0.25, 0.3) is 6.08 Å². The fourth-order valence-corrected chi connectivity index (χ4v) is 4.31. The van der Waals surface area contributed by atoms with E-state index in [2.05, 4.69) is 12.1 Å². The zero-order chi connectivity index (χ0) is 22.2. The van der Waals surface area contributed by atoms with Gasteiger partial charge in [-0.2, -0.15) is 0 Å². The van der Waals surface area contributed by atoms with Crippen molar-refractivity contribution in [2.24, 2.45) is 0 Å². The first-order chi connectivity index (χ1) is 15.7. The van der Waals surface area contributed by atoms with Gasteiger partial charge in [-0.25, -0.2) is 0 Å². The average molecular weight is 441 g/mol. The van der Waals surface area contributed by atoms with Gasteiger partial charge < -0.3 is 9.47 Å². The Hall–Kier alpha value is -3.63. The lowest BCUT2D eigenvalue weighted by atomic mass is 10.1. The number of thiophene rings is 1. The van der Waals surface area contributed by atoms with E-state index in [1.807, 2.05) is 84.9 Å². The third-order valence-electron chi connectivity index (χ3n) is 4.99. The SMILES string of the molecule is COc1ccc(/C=C/C(=O)c2ccc(Cc3ccccc3)s2)cc1COc1ccccc1. The zero-order valence-electron chi connectivity index (χ0n) is 17.9. The molecule has 4 rings (SSSR count). The van der Waals surface area contributed by atoms with Gasteiger partial charge in [-0.15, -0.1) is 11.3 Å². The molecule has 0 spiro atoms. The molecule has 0 radical (unpaired) electrons. The lowest BCUT2D eigenvalue weighted by Gasteiger charge is -2.11. The summed E-state index contributed by atoms with van der Waals surface area (Å²) in [4.78, 5) is 14.6. The highest BCUT2D eigenvalue weighted by Crippen LogP contribution is 2.24. The summed E-state index contributed by atoms with van der Waals surface area (Å²) in [6.07, 6.45) is 4.30. The number of carbonyl (C=O) groups is 1. The van der Waals surface area contributed by atoms with E-state index < -0.39 is 0 Å². The van der Waals surface area contributed by atoms with Gasteiger partial charge in [0, 0.05) is 16.9 Å². The van der Waals surface area contributed by atoms with E-state index in [4.69, 9.17) is 9.47 Å². The predicted molar refractivity (Wildman–Crippen MR) is 131 cm³/mol. The maximum Gasteiger partial charge on any atom is 0.195 e. The van der Waals surface area contributed by atoms with E-state index in [1.54, 1.807) is 24.5 Å². The van der Waals surface area contributed by atoms with Crippen molar-refractivity contribution in [1.29, 1.82) is 0 Å². The van der Waals surface area contributed by atoms with Crippen molar-refractivity contribution >= 4 is 23.2 Å². The molecule has 3 aromatic carbocycles. The molecule has 4 aromatic rings. The second-order valence-electron chi connectivity index (χ2n) is 7.30. The lowest BCUT2D eigenvalue weighted by molar-refractivity contribution is 0.105. The number of hydrogen-bond donors (Lipinski definition) is 0. The third kappa shape index (κ3) is 5.74. The normalized spacial score (nSPS) is 10.9. The number of ether oxygens (including phenoxy) is 2. The highest BCUT2D eigenvalue weighted by Gasteiger charge is 2.08. The number of rotatable bonds is 9. The van der Waals surface area contributed by atoms with Gasteiger partial charge in [0.15, 0.2) is 5.78 Å². The summed E-state index contributed by atoms with van der Waals surface area (Å²) in [7, 11) is 1.64. The van der Waals surface area contributed by atoms with Crippen LogP contribution < -0.4 is 9.47 Å². The number of allylic oxidation sites excluding steroid dienone is 1. The molecule has 0 saturated carbocycles. The average Bonchev–Trinajstić information content (AvgIpc) is 3.31. The van der Waals surface area contributed by atoms with Gasteiger partial charge in [-0.1, -0.05) is 60.7 Å². The molecule has 1 aromatic heterocycles. The fourth-order valence-electron chi connectivity index (χ4n) is 3.35.